The predicted octanol–water partition coefficient (Wildman–Crippen LogP) is 4.79. The van der Waals surface area contributed by atoms with Crippen molar-refractivity contribution >= 4 is 39.0 Å². The number of halogens is 1. The molecule has 6 nitrogen and oxygen atoms in total. The average Bonchev–Trinajstić information content (AvgIpc) is 3.15. The number of carbonyl (C=O) groups is 1. The first-order valence-corrected chi connectivity index (χ1v) is 12.6. The third-order valence-corrected chi connectivity index (χ3v) is 8.09. The van der Waals surface area contributed by atoms with E-state index in [0.717, 1.165) is 51.7 Å². The van der Waals surface area contributed by atoms with Crippen molar-refractivity contribution in [3.05, 3.63) is 46.3 Å². The fourth-order valence-electron chi connectivity index (χ4n) is 5.05. The zero-order valence-corrected chi connectivity index (χ0v) is 20.3. The number of rotatable bonds is 3. The van der Waals surface area contributed by atoms with Gasteiger partial charge in [-0.05, 0) is 57.7 Å². The Balaban J connectivity index is 1.41. The summed E-state index contributed by atoms with van der Waals surface area (Å²) < 4.78 is 14.2. The maximum atomic E-state index is 14.2. The number of piperidine rings is 1. The molecule has 1 aromatic carbocycles. The van der Waals surface area contributed by atoms with Gasteiger partial charge in [0.2, 0.25) is 0 Å². The molecule has 4 heterocycles. The number of para-hydroxylation sites is 1. The lowest BCUT2D eigenvalue weighted by molar-refractivity contribution is 0.0751. The van der Waals surface area contributed by atoms with Crippen molar-refractivity contribution in [1.82, 2.24) is 14.9 Å². The maximum absolute atomic E-state index is 14.2. The Morgan fingerprint density at radius 2 is 1.82 bits per heavy atom. The summed E-state index contributed by atoms with van der Waals surface area (Å²) in [4.78, 5) is 31.0. The van der Waals surface area contributed by atoms with Crippen LogP contribution in [0, 0.1) is 19.7 Å². The van der Waals surface area contributed by atoms with Crippen LogP contribution in [0.1, 0.15) is 47.2 Å². The molecule has 5 rings (SSSR count). The third-order valence-electron chi connectivity index (χ3n) is 6.91. The largest absolute Gasteiger partial charge is 0.366 e. The Hall–Kier alpha value is -2.74. The van der Waals surface area contributed by atoms with Crippen LogP contribution in [0.25, 0.3) is 10.2 Å². The van der Waals surface area contributed by atoms with E-state index in [1.165, 1.54) is 23.8 Å². The minimum Gasteiger partial charge on any atom is -0.366 e. The van der Waals surface area contributed by atoms with Crippen LogP contribution < -0.4 is 9.80 Å². The fraction of sp³-hybridized carbons (Fsp3) is 0.480. The molecular weight excluding hydrogens is 437 g/mol. The van der Waals surface area contributed by atoms with Crippen LogP contribution >= 0.6 is 11.3 Å². The molecule has 174 valence electrons. The summed E-state index contributed by atoms with van der Waals surface area (Å²) in [5.74, 6) is 1.54. The molecular formula is C25H30FN5OS. The summed E-state index contributed by atoms with van der Waals surface area (Å²) in [6.45, 7) is 9.57. The van der Waals surface area contributed by atoms with Gasteiger partial charge in [-0.25, -0.2) is 14.4 Å². The van der Waals surface area contributed by atoms with Crippen LogP contribution in [0.15, 0.2) is 24.3 Å². The molecule has 0 bridgehead atoms. The van der Waals surface area contributed by atoms with Gasteiger partial charge in [-0.2, -0.15) is 0 Å². The number of aryl methyl sites for hydroxylation is 2. The highest BCUT2D eigenvalue weighted by molar-refractivity contribution is 7.20. The Morgan fingerprint density at radius 1 is 1.06 bits per heavy atom. The molecule has 3 aromatic rings. The van der Waals surface area contributed by atoms with Crippen molar-refractivity contribution < 1.29 is 9.18 Å². The number of thiophene rings is 1. The molecule has 2 fully saturated rings. The first-order valence-electron chi connectivity index (χ1n) is 11.8. The highest BCUT2D eigenvalue weighted by atomic mass is 32.1. The van der Waals surface area contributed by atoms with Gasteiger partial charge in [0.1, 0.15) is 22.3 Å². The van der Waals surface area contributed by atoms with Crippen molar-refractivity contribution in [3.8, 4) is 0 Å². The van der Waals surface area contributed by atoms with E-state index in [-0.39, 0.29) is 11.7 Å². The number of hydrogen-bond donors (Lipinski definition) is 0. The van der Waals surface area contributed by atoms with Gasteiger partial charge in [-0.15, -0.1) is 11.3 Å². The van der Waals surface area contributed by atoms with Gasteiger partial charge in [0, 0.05) is 38.8 Å². The van der Waals surface area contributed by atoms with Gasteiger partial charge in [0.25, 0.3) is 5.91 Å². The number of amides is 1. The molecule has 2 saturated heterocycles. The molecule has 1 unspecified atom stereocenters. The number of anilines is 2. The number of carbonyl (C=O) groups excluding carboxylic acids is 1. The predicted molar refractivity (Wildman–Crippen MR) is 132 cm³/mol. The van der Waals surface area contributed by atoms with Crippen molar-refractivity contribution in [2.75, 3.05) is 42.5 Å². The van der Waals surface area contributed by atoms with Gasteiger partial charge in [-0.3, -0.25) is 4.79 Å². The lowest BCUT2D eigenvalue weighted by Crippen LogP contribution is -2.49. The summed E-state index contributed by atoms with van der Waals surface area (Å²) in [7, 11) is 0. The van der Waals surface area contributed by atoms with E-state index < -0.39 is 0 Å². The quantitative estimate of drug-likeness (QED) is 0.555. The van der Waals surface area contributed by atoms with Crippen molar-refractivity contribution in [2.45, 2.75) is 46.1 Å². The van der Waals surface area contributed by atoms with Crippen LogP contribution in [0.5, 0.6) is 0 Å². The van der Waals surface area contributed by atoms with Gasteiger partial charge < -0.3 is 14.7 Å². The number of piperazine rings is 1. The van der Waals surface area contributed by atoms with Gasteiger partial charge in [0.05, 0.1) is 16.0 Å². The van der Waals surface area contributed by atoms with E-state index in [0.29, 0.717) is 37.9 Å². The van der Waals surface area contributed by atoms with Gasteiger partial charge in [-0.1, -0.05) is 12.1 Å². The minimum atomic E-state index is -0.217. The van der Waals surface area contributed by atoms with Gasteiger partial charge in [0.15, 0.2) is 0 Å². The van der Waals surface area contributed by atoms with Crippen LogP contribution in [0.3, 0.4) is 0 Å². The Morgan fingerprint density at radius 3 is 2.55 bits per heavy atom. The molecule has 33 heavy (non-hydrogen) atoms. The van der Waals surface area contributed by atoms with E-state index in [9.17, 15) is 9.18 Å². The lowest BCUT2D eigenvalue weighted by atomic mass is 10.0. The molecule has 0 aliphatic carbocycles. The second-order valence-corrected chi connectivity index (χ2v) is 10.1. The second-order valence-electron chi connectivity index (χ2n) is 9.10. The summed E-state index contributed by atoms with van der Waals surface area (Å²) in [5, 5.41) is 1.02. The SMILES string of the molecule is Cc1nc(N2CCCCC2C)c2c(C)c(C(=O)N3CCN(c4ccccc4F)CC3)sc2n1. The number of benzene rings is 1. The Labute approximate surface area is 198 Å². The van der Waals surface area contributed by atoms with Crippen LogP contribution in [0.2, 0.25) is 0 Å². The summed E-state index contributed by atoms with van der Waals surface area (Å²) in [5.41, 5.74) is 1.58. The van der Waals surface area contributed by atoms with E-state index >= 15 is 0 Å². The Kier molecular flexibility index (Phi) is 5.95. The smallest absolute Gasteiger partial charge is 0.264 e. The average molecular weight is 468 g/mol. The summed E-state index contributed by atoms with van der Waals surface area (Å²) >= 11 is 1.48. The zero-order chi connectivity index (χ0) is 23.1. The first-order chi connectivity index (χ1) is 15.9. The van der Waals surface area contributed by atoms with Crippen LogP contribution in [0.4, 0.5) is 15.9 Å². The fourth-order valence-corrected chi connectivity index (χ4v) is 6.24. The number of fused-ring (bicyclic) bond motifs is 1. The van der Waals surface area contributed by atoms with Crippen molar-refractivity contribution in [1.29, 1.82) is 0 Å². The maximum Gasteiger partial charge on any atom is 0.264 e. The minimum absolute atomic E-state index is 0.0407. The number of aromatic nitrogens is 2. The Bertz CT molecular complexity index is 1190. The first kappa shape index (κ1) is 22.1. The molecule has 2 aliphatic heterocycles. The molecule has 1 atom stereocenters. The molecule has 0 N–H and O–H groups in total. The summed E-state index contributed by atoms with van der Waals surface area (Å²) in [6, 6.07) is 7.26. The molecule has 2 aromatic heterocycles. The van der Waals surface area contributed by atoms with Crippen molar-refractivity contribution in [2.24, 2.45) is 0 Å². The third kappa shape index (κ3) is 4.05. The standard InChI is InChI=1S/C25H30FN5OS/c1-16-8-6-7-11-31(16)23-21-17(2)22(33-24(21)28-18(3)27-23)25(32)30-14-12-29(13-15-30)20-10-5-4-9-19(20)26/h4-5,9-10,16H,6-8,11-15H2,1-3H3. The molecule has 8 heteroatoms. The van der Waals surface area contributed by atoms with E-state index in [1.807, 2.05) is 29.7 Å². The topological polar surface area (TPSA) is 52.6 Å². The molecule has 0 spiro atoms. The number of nitrogens with zero attached hydrogens (tertiary/aromatic N) is 5. The normalized spacial score (nSPS) is 19.4. The number of hydrogen-bond acceptors (Lipinski definition) is 6. The van der Waals surface area contributed by atoms with Crippen molar-refractivity contribution in [3.63, 3.8) is 0 Å². The van der Waals surface area contributed by atoms with Crippen LogP contribution in [-0.4, -0.2) is 59.5 Å². The summed E-state index contributed by atoms with van der Waals surface area (Å²) in [6.07, 6.45) is 3.57. The molecule has 2 aliphatic rings. The molecule has 0 saturated carbocycles. The lowest BCUT2D eigenvalue weighted by Gasteiger charge is -2.36. The van der Waals surface area contributed by atoms with Crippen LogP contribution in [-0.2, 0) is 0 Å². The second kappa shape index (κ2) is 8.89. The van der Waals surface area contributed by atoms with E-state index in [1.54, 1.807) is 12.1 Å². The van der Waals surface area contributed by atoms with E-state index in [4.69, 9.17) is 4.98 Å². The zero-order valence-electron chi connectivity index (χ0n) is 19.5. The monoisotopic (exact) mass is 467 g/mol. The van der Waals surface area contributed by atoms with Gasteiger partial charge >= 0.3 is 0 Å². The molecule has 1 amide bonds. The highest BCUT2D eigenvalue weighted by Gasteiger charge is 2.29. The highest BCUT2D eigenvalue weighted by Crippen LogP contribution is 2.38. The molecule has 0 radical (unpaired) electrons. The van der Waals surface area contributed by atoms with E-state index in [2.05, 4.69) is 16.8 Å².